The number of furan rings is 1. The zero-order valence-electron chi connectivity index (χ0n) is 10.4. The Balaban J connectivity index is 1.92. The first-order chi connectivity index (χ1) is 9.63. The highest BCUT2D eigenvalue weighted by molar-refractivity contribution is 5.97. The third kappa shape index (κ3) is 2.25. The molecule has 0 spiro atoms. The van der Waals surface area contributed by atoms with E-state index >= 15 is 0 Å². The standard InChI is InChI=1S/C15H10FNO3/c16-11-5-6-15(19)17(8-11)9-12(18)14-7-10-3-1-2-4-13(10)20-14/h1-8H,9H2. The van der Waals surface area contributed by atoms with Gasteiger partial charge in [-0.1, -0.05) is 18.2 Å². The van der Waals surface area contributed by atoms with Gasteiger partial charge in [0.05, 0.1) is 6.54 Å². The van der Waals surface area contributed by atoms with Gasteiger partial charge in [-0.3, -0.25) is 9.59 Å². The van der Waals surface area contributed by atoms with Crippen LogP contribution in [0.3, 0.4) is 0 Å². The average Bonchev–Trinajstić information content (AvgIpc) is 2.87. The number of carbonyl (C=O) groups is 1. The van der Waals surface area contributed by atoms with E-state index < -0.39 is 11.4 Å². The summed E-state index contributed by atoms with van der Waals surface area (Å²) >= 11 is 0. The highest BCUT2D eigenvalue weighted by atomic mass is 19.1. The molecule has 0 saturated heterocycles. The van der Waals surface area contributed by atoms with Gasteiger partial charge in [0.2, 0.25) is 5.78 Å². The Kier molecular flexibility index (Phi) is 2.95. The van der Waals surface area contributed by atoms with Crippen LogP contribution in [0.1, 0.15) is 10.6 Å². The molecule has 3 rings (SSSR count). The van der Waals surface area contributed by atoms with E-state index in [0.717, 1.165) is 28.3 Å². The molecule has 20 heavy (non-hydrogen) atoms. The number of halogens is 1. The van der Waals surface area contributed by atoms with Gasteiger partial charge < -0.3 is 8.98 Å². The summed E-state index contributed by atoms with van der Waals surface area (Å²) in [6, 6.07) is 11.0. The van der Waals surface area contributed by atoms with Gasteiger partial charge in [0.15, 0.2) is 5.76 Å². The van der Waals surface area contributed by atoms with Crippen molar-refractivity contribution in [3.63, 3.8) is 0 Å². The van der Waals surface area contributed by atoms with E-state index in [2.05, 4.69) is 0 Å². The van der Waals surface area contributed by atoms with Gasteiger partial charge in [-0.2, -0.15) is 0 Å². The third-order valence-corrected chi connectivity index (χ3v) is 2.96. The Bertz CT molecular complexity index is 814. The average molecular weight is 271 g/mol. The van der Waals surface area contributed by atoms with Gasteiger partial charge in [0.25, 0.3) is 5.56 Å². The van der Waals surface area contributed by atoms with Crippen molar-refractivity contribution in [2.45, 2.75) is 6.54 Å². The second kappa shape index (κ2) is 4.77. The zero-order chi connectivity index (χ0) is 14.1. The van der Waals surface area contributed by atoms with Gasteiger partial charge >= 0.3 is 0 Å². The lowest BCUT2D eigenvalue weighted by Crippen LogP contribution is -2.23. The molecule has 1 aromatic carbocycles. The molecule has 0 aliphatic rings. The first-order valence-corrected chi connectivity index (χ1v) is 6.01. The summed E-state index contributed by atoms with van der Waals surface area (Å²) in [6.45, 7) is -0.254. The van der Waals surface area contributed by atoms with Gasteiger partial charge in [-0.15, -0.1) is 0 Å². The maximum atomic E-state index is 13.1. The number of hydrogen-bond acceptors (Lipinski definition) is 3. The maximum absolute atomic E-state index is 13.1. The van der Waals surface area contributed by atoms with Crippen LogP contribution in [0.2, 0.25) is 0 Å². The second-order valence-electron chi connectivity index (χ2n) is 4.39. The Hall–Kier alpha value is -2.69. The summed E-state index contributed by atoms with van der Waals surface area (Å²) in [5, 5.41) is 0.808. The molecule has 3 aromatic rings. The number of fused-ring (bicyclic) bond motifs is 1. The van der Waals surface area contributed by atoms with Crippen LogP contribution in [0.25, 0.3) is 11.0 Å². The van der Waals surface area contributed by atoms with Crippen molar-refractivity contribution in [1.82, 2.24) is 4.57 Å². The lowest BCUT2D eigenvalue weighted by molar-refractivity contribution is 0.0945. The van der Waals surface area contributed by atoms with Crippen molar-refractivity contribution in [3.05, 3.63) is 70.6 Å². The number of para-hydroxylation sites is 1. The molecule has 4 nitrogen and oxygen atoms in total. The number of hydrogen-bond donors (Lipinski definition) is 0. The molecule has 0 atom stereocenters. The van der Waals surface area contributed by atoms with Crippen LogP contribution in [-0.4, -0.2) is 10.4 Å². The number of ketones is 1. The molecule has 0 amide bonds. The highest BCUT2D eigenvalue weighted by Crippen LogP contribution is 2.19. The molecular weight excluding hydrogens is 261 g/mol. The lowest BCUT2D eigenvalue weighted by Gasteiger charge is -2.02. The van der Waals surface area contributed by atoms with E-state index in [-0.39, 0.29) is 18.1 Å². The molecule has 0 radical (unpaired) electrons. The quantitative estimate of drug-likeness (QED) is 0.688. The molecule has 100 valence electrons. The Morgan fingerprint density at radius 3 is 2.80 bits per heavy atom. The smallest absolute Gasteiger partial charge is 0.251 e. The number of pyridine rings is 1. The SMILES string of the molecule is O=C(Cn1cc(F)ccc1=O)c1cc2ccccc2o1. The van der Waals surface area contributed by atoms with Gasteiger partial charge in [0.1, 0.15) is 11.4 Å². The van der Waals surface area contributed by atoms with Gasteiger partial charge in [-0.25, -0.2) is 4.39 Å². The fraction of sp³-hybridized carbons (Fsp3) is 0.0667. The monoisotopic (exact) mass is 271 g/mol. The number of nitrogens with zero attached hydrogens (tertiary/aromatic N) is 1. The van der Waals surface area contributed by atoms with Gasteiger partial charge in [0, 0.05) is 17.6 Å². The summed E-state index contributed by atoms with van der Waals surface area (Å²) in [5.41, 5.74) is 0.165. The fourth-order valence-electron chi connectivity index (χ4n) is 1.98. The van der Waals surface area contributed by atoms with Crippen LogP contribution in [0.5, 0.6) is 0 Å². The summed E-state index contributed by atoms with van der Waals surface area (Å²) in [4.78, 5) is 23.6. The van der Waals surface area contributed by atoms with Crippen LogP contribution in [0.15, 0.2) is 57.9 Å². The topological polar surface area (TPSA) is 52.2 Å². The van der Waals surface area contributed by atoms with Crippen molar-refractivity contribution in [3.8, 4) is 0 Å². The van der Waals surface area contributed by atoms with E-state index in [9.17, 15) is 14.0 Å². The van der Waals surface area contributed by atoms with Crippen LogP contribution >= 0.6 is 0 Å². The first-order valence-electron chi connectivity index (χ1n) is 6.01. The Morgan fingerprint density at radius 2 is 2.00 bits per heavy atom. The highest BCUT2D eigenvalue weighted by Gasteiger charge is 2.13. The fourth-order valence-corrected chi connectivity index (χ4v) is 1.98. The zero-order valence-corrected chi connectivity index (χ0v) is 10.4. The van der Waals surface area contributed by atoms with E-state index in [0.29, 0.717) is 5.58 Å². The predicted octanol–water partition coefficient (Wildman–Crippen LogP) is 2.62. The maximum Gasteiger partial charge on any atom is 0.251 e. The van der Waals surface area contributed by atoms with Crippen molar-refractivity contribution < 1.29 is 13.6 Å². The Labute approximate surface area is 113 Å². The molecule has 0 bridgehead atoms. The summed E-state index contributed by atoms with van der Waals surface area (Å²) < 4.78 is 19.5. The molecular formula is C15H10FNO3. The molecule has 0 aliphatic carbocycles. The molecule has 0 unspecified atom stereocenters. The minimum absolute atomic E-state index is 0.155. The number of Topliss-reactive ketones (excluding diaryl/α,β-unsaturated/α-hetero) is 1. The lowest BCUT2D eigenvalue weighted by atomic mass is 10.2. The molecule has 0 N–H and O–H groups in total. The molecule has 0 aliphatic heterocycles. The third-order valence-electron chi connectivity index (χ3n) is 2.96. The number of benzene rings is 1. The predicted molar refractivity (Wildman–Crippen MR) is 71.2 cm³/mol. The minimum atomic E-state index is -0.568. The van der Waals surface area contributed by atoms with Crippen LogP contribution in [0, 0.1) is 5.82 Å². The van der Waals surface area contributed by atoms with E-state index in [1.54, 1.807) is 18.2 Å². The van der Waals surface area contributed by atoms with Crippen molar-refractivity contribution in [2.75, 3.05) is 0 Å². The van der Waals surface area contributed by atoms with Crippen molar-refractivity contribution in [1.29, 1.82) is 0 Å². The van der Waals surface area contributed by atoms with E-state index in [1.165, 1.54) is 0 Å². The normalized spacial score (nSPS) is 10.8. The number of carbonyl (C=O) groups excluding carboxylic acids is 1. The van der Waals surface area contributed by atoms with Crippen molar-refractivity contribution in [2.24, 2.45) is 0 Å². The minimum Gasteiger partial charge on any atom is -0.453 e. The van der Waals surface area contributed by atoms with Gasteiger partial charge in [-0.05, 0) is 18.2 Å². The largest absolute Gasteiger partial charge is 0.453 e. The van der Waals surface area contributed by atoms with Crippen molar-refractivity contribution >= 4 is 16.8 Å². The number of aromatic nitrogens is 1. The van der Waals surface area contributed by atoms with E-state index in [4.69, 9.17) is 4.42 Å². The summed E-state index contributed by atoms with van der Waals surface area (Å²) in [5.74, 6) is -0.793. The van der Waals surface area contributed by atoms with Crippen LogP contribution in [0.4, 0.5) is 4.39 Å². The van der Waals surface area contributed by atoms with E-state index in [1.807, 2.05) is 12.1 Å². The first kappa shape index (κ1) is 12.3. The molecule has 5 heteroatoms. The van der Waals surface area contributed by atoms with Crippen LogP contribution in [-0.2, 0) is 6.54 Å². The Morgan fingerprint density at radius 1 is 1.20 bits per heavy atom. The molecule has 2 aromatic heterocycles. The second-order valence-corrected chi connectivity index (χ2v) is 4.39. The molecule has 0 fully saturated rings. The summed E-state index contributed by atoms with van der Waals surface area (Å²) in [7, 11) is 0. The molecule has 0 saturated carbocycles. The number of rotatable bonds is 3. The van der Waals surface area contributed by atoms with Crippen LogP contribution < -0.4 is 5.56 Å². The summed E-state index contributed by atoms with van der Waals surface area (Å²) in [6.07, 6.45) is 1.00. The molecule has 2 heterocycles.